The molecule has 0 saturated heterocycles. The fourth-order valence-electron chi connectivity index (χ4n) is 3.24. The van der Waals surface area contributed by atoms with Gasteiger partial charge in [-0.3, -0.25) is 4.99 Å². The topological polar surface area (TPSA) is 104 Å². The van der Waals surface area contributed by atoms with E-state index in [0.717, 1.165) is 17.7 Å². The lowest BCUT2D eigenvalue weighted by molar-refractivity contribution is 0.625. The van der Waals surface area contributed by atoms with E-state index in [9.17, 15) is 9.65 Å². The van der Waals surface area contributed by atoms with Crippen LogP contribution in [0.2, 0.25) is 0 Å². The van der Waals surface area contributed by atoms with E-state index in [1.165, 1.54) is 12.1 Å². The van der Waals surface area contributed by atoms with Crippen molar-refractivity contribution in [2.24, 2.45) is 4.99 Å². The Kier molecular flexibility index (Phi) is 7.60. The molecule has 8 heteroatoms. The maximum atomic E-state index is 13.3. The van der Waals surface area contributed by atoms with Crippen molar-refractivity contribution in [1.29, 1.82) is 5.26 Å². The van der Waals surface area contributed by atoms with Crippen LogP contribution in [0.1, 0.15) is 23.2 Å². The number of nitrogens with zero attached hydrogens (tertiary/aromatic N) is 4. The molecule has 0 saturated carbocycles. The largest absolute Gasteiger partial charge is 0.382 e. The molecule has 0 fully saturated rings. The van der Waals surface area contributed by atoms with E-state index in [0.29, 0.717) is 49.0 Å². The lowest BCUT2D eigenvalue weighted by atomic mass is 10.1. The zero-order valence-corrected chi connectivity index (χ0v) is 17.5. The molecule has 3 aromatic rings. The lowest BCUT2D eigenvalue weighted by Crippen LogP contribution is -2.38. The van der Waals surface area contributed by atoms with Gasteiger partial charge in [0.2, 0.25) is 0 Å². The molecule has 0 amide bonds. The highest BCUT2D eigenvalue weighted by Crippen LogP contribution is 2.21. The normalized spacial score (nSPS) is 11.2. The summed E-state index contributed by atoms with van der Waals surface area (Å²) < 4.78 is 14.9. The number of aromatic nitrogens is 2. The van der Waals surface area contributed by atoms with E-state index in [2.05, 4.69) is 26.8 Å². The number of hydrogen-bond acceptors (Lipinski definition) is 4. The first kappa shape index (κ1) is 21.8. The highest BCUT2D eigenvalue weighted by molar-refractivity contribution is 5.79. The van der Waals surface area contributed by atoms with Crippen molar-refractivity contribution in [3.05, 3.63) is 77.2 Å². The van der Waals surface area contributed by atoms with Crippen LogP contribution < -0.4 is 16.4 Å². The zero-order valence-electron chi connectivity index (χ0n) is 17.5. The van der Waals surface area contributed by atoms with Crippen LogP contribution in [0.3, 0.4) is 0 Å². The molecule has 0 aliphatic heterocycles. The molecular weight excluding hydrogens is 393 g/mol. The molecule has 0 radical (unpaired) electrons. The number of para-hydroxylation sites is 1. The number of nitrogens with one attached hydrogen (secondary N) is 2. The summed E-state index contributed by atoms with van der Waals surface area (Å²) >= 11 is 0. The molecule has 7 nitrogen and oxygen atoms in total. The smallest absolute Gasteiger partial charge is 0.190 e. The number of aryl methyl sites for hydroxylation is 1. The van der Waals surface area contributed by atoms with Crippen molar-refractivity contribution in [3.8, 4) is 11.8 Å². The standard InChI is InChI=1S/C23H26FN7/c1-27-23(29-14-12-17-7-5-8-18(24)15-17)28-13-6-11-21-20(16-25)22(26)31(30-21)19-9-3-2-4-10-19/h2-5,7-10,15H,6,11-14,26H2,1H3,(H2,27,28,29). The highest BCUT2D eigenvalue weighted by atomic mass is 19.1. The summed E-state index contributed by atoms with van der Waals surface area (Å²) in [5.41, 5.74) is 8.99. The van der Waals surface area contributed by atoms with Crippen molar-refractivity contribution >= 4 is 11.8 Å². The van der Waals surface area contributed by atoms with E-state index < -0.39 is 0 Å². The molecule has 4 N–H and O–H groups in total. The third-order valence-electron chi connectivity index (χ3n) is 4.81. The van der Waals surface area contributed by atoms with Gasteiger partial charge in [-0.15, -0.1) is 0 Å². The van der Waals surface area contributed by atoms with E-state index in [1.54, 1.807) is 17.8 Å². The molecule has 1 aromatic heterocycles. The minimum Gasteiger partial charge on any atom is -0.382 e. The summed E-state index contributed by atoms with van der Waals surface area (Å²) in [7, 11) is 1.70. The van der Waals surface area contributed by atoms with Crippen LogP contribution >= 0.6 is 0 Å². The maximum absolute atomic E-state index is 13.3. The Morgan fingerprint density at radius 2 is 1.90 bits per heavy atom. The van der Waals surface area contributed by atoms with Crippen LogP contribution in [-0.4, -0.2) is 35.9 Å². The average Bonchev–Trinajstić information content (AvgIpc) is 3.11. The third-order valence-corrected chi connectivity index (χ3v) is 4.81. The van der Waals surface area contributed by atoms with Gasteiger partial charge in [-0.25, -0.2) is 9.07 Å². The number of hydrogen-bond donors (Lipinski definition) is 3. The first-order chi connectivity index (χ1) is 15.1. The number of aliphatic imine (C=N–C) groups is 1. The number of halogens is 1. The Morgan fingerprint density at radius 3 is 2.61 bits per heavy atom. The number of anilines is 1. The van der Waals surface area contributed by atoms with Gasteiger partial charge in [0, 0.05) is 20.1 Å². The van der Waals surface area contributed by atoms with Gasteiger partial charge in [0.15, 0.2) is 5.96 Å². The summed E-state index contributed by atoms with van der Waals surface area (Å²) in [6, 6.07) is 18.3. The van der Waals surface area contributed by atoms with Crippen LogP contribution in [0, 0.1) is 17.1 Å². The molecule has 0 bridgehead atoms. The first-order valence-corrected chi connectivity index (χ1v) is 10.1. The number of guanidine groups is 1. The maximum Gasteiger partial charge on any atom is 0.190 e. The van der Waals surface area contributed by atoms with Crippen molar-refractivity contribution < 1.29 is 4.39 Å². The van der Waals surface area contributed by atoms with Crippen LogP contribution in [0.25, 0.3) is 5.69 Å². The Morgan fingerprint density at radius 1 is 1.13 bits per heavy atom. The number of nitriles is 1. The molecular formula is C23H26FN7. The van der Waals surface area contributed by atoms with E-state index in [4.69, 9.17) is 5.73 Å². The van der Waals surface area contributed by atoms with E-state index >= 15 is 0 Å². The lowest BCUT2D eigenvalue weighted by Gasteiger charge is -2.11. The van der Waals surface area contributed by atoms with Crippen LogP contribution in [0.15, 0.2) is 59.6 Å². The monoisotopic (exact) mass is 419 g/mol. The average molecular weight is 420 g/mol. The number of rotatable bonds is 8. The highest BCUT2D eigenvalue weighted by Gasteiger charge is 2.16. The van der Waals surface area contributed by atoms with Gasteiger partial charge in [0.1, 0.15) is 23.3 Å². The molecule has 1 heterocycles. The number of nitrogen functional groups attached to an aromatic ring is 1. The minimum absolute atomic E-state index is 0.230. The summed E-state index contributed by atoms with van der Waals surface area (Å²) in [5, 5.41) is 20.5. The van der Waals surface area contributed by atoms with E-state index in [1.807, 2.05) is 36.4 Å². The fraction of sp³-hybridized carbons (Fsp3) is 0.261. The van der Waals surface area contributed by atoms with Gasteiger partial charge in [-0.1, -0.05) is 30.3 Å². The molecule has 0 atom stereocenters. The molecule has 2 aromatic carbocycles. The zero-order chi connectivity index (χ0) is 22.1. The second kappa shape index (κ2) is 10.8. The van der Waals surface area contributed by atoms with Gasteiger partial charge < -0.3 is 16.4 Å². The molecule has 0 spiro atoms. The molecule has 0 aliphatic rings. The van der Waals surface area contributed by atoms with Crippen LogP contribution in [0.5, 0.6) is 0 Å². The second-order valence-electron chi connectivity index (χ2n) is 6.98. The predicted octanol–water partition coefficient (Wildman–Crippen LogP) is 2.81. The van der Waals surface area contributed by atoms with Crippen molar-refractivity contribution in [2.45, 2.75) is 19.3 Å². The Labute approximate surface area is 181 Å². The molecule has 0 unspecified atom stereocenters. The Hall–Kier alpha value is -3.86. The number of benzene rings is 2. The SMILES string of the molecule is CN=C(NCCCc1nn(-c2ccccc2)c(N)c1C#N)NCCc1cccc(F)c1. The van der Waals surface area contributed by atoms with Crippen LogP contribution in [-0.2, 0) is 12.8 Å². The minimum atomic E-state index is -0.230. The van der Waals surface area contributed by atoms with Gasteiger partial charge in [-0.05, 0) is 49.1 Å². The predicted molar refractivity (Wildman–Crippen MR) is 120 cm³/mol. The van der Waals surface area contributed by atoms with Crippen molar-refractivity contribution in [2.75, 3.05) is 25.9 Å². The summed E-state index contributed by atoms with van der Waals surface area (Å²) in [5.74, 6) is 0.796. The van der Waals surface area contributed by atoms with Gasteiger partial charge in [0.05, 0.1) is 11.4 Å². The second-order valence-corrected chi connectivity index (χ2v) is 6.98. The van der Waals surface area contributed by atoms with Gasteiger partial charge >= 0.3 is 0 Å². The first-order valence-electron chi connectivity index (χ1n) is 10.1. The Balaban J connectivity index is 1.49. The Bertz CT molecular complexity index is 1070. The molecule has 31 heavy (non-hydrogen) atoms. The molecule has 3 rings (SSSR count). The van der Waals surface area contributed by atoms with Crippen molar-refractivity contribution in [3.63, 3.8) is 0 Å². The molecule has 0 aliphatic carbocycles. The van der Waals surface area contributed by atoms with Crippen LogP contribution in [0.4, 0.5) is 10.2 Å². The third kappa shape index (κ3) is 5.82. The molecule has 160 valence electrons. The summed E-state index contributed by atoms with van der Waals surface area (Å²) in [6.07, 6.45) is 2.06. The quantitative estimate of drug-likeness (QED) is 0.296. The van der Waals surface area contributed by atoms with Gasteiger partial charge in [0.25, 0.3) is 0 Å². The van der Waals surface area contributed by atoms with E-state index in [-0.39, 0.29) is 5.82 Å². The summed E-state index contributed by atoms with van der Waals surface area (Å²) in [4.78, 5) is 4.20. The fourth-order valence-corrected chi connectivity index (χ4v) is 3.24. The van der Waals surface area contributed by atoms with Gasteiger partial charge in [-0.2, -0.15) is 10.4 Å². The number of nitrogens with two attached hydrogens (primary N) is 1. The van der Waals surface area contributed by atoms with Crippen molar-refractivity contribution in [1.82, 2.24) is 20.4 Å². The summed E-state index contributed by atoms with van der Waals surface area (Å²) in [6.45, 7) is 1.29.